The minimum Gasteiger partial charge on any atom is -0.492 e. The Labute approximate surface area is 180 Å². The molecule has 3 aromatic rings. The number of sulfonamides is 1. The van der Waals surface area contributed by atoms with Crippen molar-refractivity contribution in [2.24, 2.45) is 0 Å². The molecule has 8 nitrogen and oxygen atoms in total. The molecule has 158 valence electrons. The van der Waals surface area contributed by atoms with Gasteiger partial charge >= 0.3 is 0 Å². The molecule has 1 N–H and O–H groups in total. The van der Waals surface area contributed by atoms with E-state index in [1.54, 1.807) is 35.1 Å². The molecule has 2 aromatic carbocycles. The summed E-state index contributed by atoms with van der Waals surface area (Å²) >= 11 is 5.80. The highest BCUT2D eigenvalue weighted by atomic mass is 35.5. The van der Waals surface area contributed by atoms with Crippen LogP contribution in [0.25, 0.3) is 0 Å². The Hall–Kier alpha value is -2.88. The Morgan fingerprint density at radius 2 is 1.97 bits per heavy atom. The second kappa shape index (κ2) is 9.75. The minimum absolute atomic E-state index is 0.0646. The van der Waals surface area contributed by atoms with E-state index in [9.17, 15) is 13.2 Å². The molecule has 0 radical (unpaired) electrons. The average molecular weight is 449 g/mol. The van der Waals surface area contributed by atoms with Gasteiger partial charge in [-0.25, -0.2) is 8.42 Å². The van der Waals surface area contributed by atoms with Crippen LogP contribution in [0.5, 0.6) is 5.75 Å². The molecule has 0 atom stereocenters. The summed E-state index contributed by atoms with van der Waals surface area (Å²) in [6.07, 6.45) is 3.54. The number of benzene rings is 2. The highest BCUT2D eigenvalue weighted by Crippen LogP contribution is 2.19. The predicted molar refractivity (Wildman–Crippen MR) is 114 cm³/mol. The number of nitrogens with zero attached hydrogens (tertiary/aromatic N) is 3. The standard InChI is InChI=1S/C20H21ClN4O4S/c1-24(30(27,28)19-8-6-16(21)7-9-19)15-20(26)23-17-4-2-5-18(14-17)29-13-12-25-11-3-10-22-25/h2-11,14H,12-13,15H2,1H3,(H,23,26). The predicted octanol–water partition coefficient (Wildman–Crippen LogP) is 2.87. The minimum atomic E-state index is -3.80. The Bertz CT molecular complexity index is 1090. The number of nitrogens with one attached hydrogen (secondary N) is 1. The summed E-state index contributed by atoms with van der Waals surface area (Å²) in [5, 5.41) is 7.21. The fraction of sp³-hybridized carbons (Fsp3) is 0.200. The molecule has 0 saturated heterocycles. The summed E-state index contributed by atoms with van der Waals surface area (Å²) in [4.78, 5) is 12.4. The van der Waals surface area contributed by atoms with E-state index in [4.69, 9.17) is 16.3 Å². The lowest BCUT2D eigenvalue weighted by atomic mass is 10.3. The third-order valence-corrected chi connectivity index (χ3v) is 6.22. The lowest BCUT2D eigenvalue weighted by molar-refractivity contribution is -0.116. The Morgan fingerprint density at radius 3 is 2.67 bits per heavy atom. The van der Waals surface area contributed by atoms with Crippen molar-refractivity contribution >= 4 is 33.2 Å². The van der Waals surface area contributed by atoms with Crippen LogP contribution in [0.4, 0.5) is 5.69 Å². The van der Waals surface area contributed by atoms with Crippen LogP contribution in [0.15, 0.2) is 71.9 Å². The molecule has 0 aliphatic rings. The van der Waals surface area contributed by atoms with E-state index >= 15 is 0 Å². The Balaban J connectivity index is 1.55. The molecule has 1 amide bonds. The summed E-state index contributed by atoms with van der Waals surface area (Å²) in [6.45, 7) is 0.674. The normalized spacial score (nSPS) is 11.4. The van der Waals surface area contributed by atoms with E-state index in [2.05, 4.69) is 10.4 Å². The number of hydrogen-bond acceptors (Lipinski definition) is 5. The van der Waals surface area contributed by atoms with Crippen molar-refractivity contribution in [2.75, 3.05) is 25.5 Å². The van der Waals surface area contributed by atoms with Gasteiger partial charge < -0.3 is 10.1 Å². The second-order valence-corrected chi connectivity index (χ2v) is 8.89. The molecule has 0 spiro atoms. The van der Waals surface area contributed by atoms with Crippen LogP contribution in [-0.2, 0) is 21.4 Å². The number of hydrogen-bond donors (Lipinski definition) is 1. The van der Waals surface area contributed by atoms with Crippen LogP contribution in [0, 0.1) is 0 Å². The number of halogens is 1. The van der Waals surface area contributed by atoms with Gasteiger partial charge in [0, 0.05) is 36.2 Å². The molecule has 1 aromatic heterocycles. The molecule has 0 saturated carbocycles. The van der Waals surface area contributed by atoms with E-state index in [1.165, 1.54) is 31.3 Å². The number of carbonyl (C=O) groups is 1. The monoisotopic (exact) mass is 448 g/mol. The van der Waals surface area contributed by atoms with Crippen molar-refractivity contribution in [2.45, 2.75) is 11.4 Å². The molecule has 0 bridgehead atoms. The maximum absolute atomic E-state index is 12.6. The van der Waals surface area contributed by atoms with E-state index in [-0.39, 0.29) is 11.4 Å². The lowest BCUT2D eigenvalue weighted by Gasteiger charge is -2.17. The zero-order valence-electron chi connectivity index (χ0n) is 16.2. The lowest BCUT2D eigenvalue weighted by Crippen LogP contribution is -2.34. The first-order valence-corrected chi connectivity index (χ1v) is 10.9. The highest BCUT2D eigenvalue weighted by Gasteiger charge is 2.23. The number of amides is 1. The van der Waals surface area contributed by atoms with Crippen LogP contribution in [0.1, 0.15) is 0 Å². The van der Waals surface area contributed by atoms with E-state index in [0.29, 0.717) is 29.6 Å². The van der Waals surface area contributed by atoms with Gasteiger partial charge in [-0.1, -0.05) is 17.7 Å². The summed E-state index contributed by atoms with van der Waals surface area (Å²) in [5.41, 5.74) is 0.508. The van der Waals surface area contributed by atoms with Crippen molar-refractivity contribution in [3.63, 3.8) is 0 Å². The molecule has 1 heterocycles. The first-order chi connectivity index (χ1) is 14.3. The molecule has 0 unspecified atom stereocenters. The van der Waals surface area contributed by atoms with Gasteiger partial charge in [-0.3, -0.25) is 9.48 Å². The van der Waals surface area contributed by atoms with E-state index < -0.39 is 15.9 Å². The third-order valence-electron chi connectivity index (χ3n) is 4.15. The van der Waals surface area contributed by atoms with E-state index in [1.807, 2.05) is 12.3 Å². The van der Waals surface area contributed by atoms with Crippen LogP contribution in [0.3, 0.4) is 0 Å². The molecule has 3 rings (SSSR count). The number of aromatic nitrogens is 2. The quantitative estimate of drug-likeness (QED) is 0.543. The Morgan fingerprint density at radius 1 is 1.20 bits per heavy atom. The van der Waals surface area contributed by atoms with Gasteiger partial charge in [0.25, 0.3) is 0 Å². The average Bonchev–Trinajstić information content (AvgIpc) is 3.22. The summed E-state index contributed by atoms with van der Waals surface area (Å²) < 4.78 is 33.6. The molecule has 0 fully saturated rings. The topological polar surface area (TPSA) is 93.5 Å². The van der Waals surface area contributed by atoms with Gasteiger partial charge in [0.15, 0.2) is 0 Å². The maximum Gasteiger partial charge on any atom is 0.243 e. The van der Waals surface area contributed by atoms with Crippen molar-refractivity contribution in [1.29, 1.82) is 0 Å². The fourth-order valence-electron chi connectivity index (χ4n) is 2.63. The zero-order chi connectivity index (χ0) is 21.6. The van der Waals surface area contributed by atoms with Crippen LogP contribution >= 0.6 is 11.6 Å². The Kier molecular flexibility index (Phi) is 7.09. The largest absolute Gasteiger partial charge is 0.492 e. The molecule has 30 heavy (non-hydrogen) atoms. The number of carbonyl (C=O) groups excluding carboxylic acids is 1. The second-order valence-electron chi connectivity index (χ2n) is 6.41. The van der Waals surface area contributed by atoms with E-state index in [0.717, 1.165) is 4.31 Å². The number of rotatable bonds is 9. The number of anilines is 1. The number of ether oxygens (including phenoxy) is 1. The number of likely N-dealkylation sites (N-methyl/N-ethyl adjacent to an activating group) is 1. The summed E-state index contributed by atoms with van der Waals surface area (Å²) in [7, 11) is -2.46. The molecule has 0 aliphatic heterocycles. The van der Waals surface area contributed by atoms with Gasteiger partial charge in [-0.15, -0.1) is 0 Å². The molecule has 0 aliphatic carbocycles. The third kappa shape index (κ3) is 5.82. The maximum atomic E-state index is 12.6. The first-order valence-electron chi connectivity index (χ1n) is 9.06. The molecular weight excluding hydrogens is 428 g/mol. The van der Waals surface area contributed by atoms with Gasteiger partial charge in [0.1, 0.15) is 12.4 Å². The SMILES string of the molecule is CN(CC(=O)Nc1cccc(OCCn2cccn2)c1)S(=O)(=O)c1ccc(Cl)cc1. The van der Waals surface area contributed by atoms with Crippen LogP contribution < -0.4 is 10.1 Å². The highest BCUT2D eigenvalue weighted by molar-refractivity contribution is 7.89. The smallest absolute Gasteiger partial charge is 0.243 e. The van der Waals surface area contributed by atoms with Crippen LogP contribution in [0.2, 0.25) is 5.02 Å². The van der Waals surface area contributed by atoms with Gasteiger partial charge in [0.05, 0.1) is 18.0 Å². The van der Waals surface area contributed by atoms with Crippen molar-refractivity contribution in [3.05, 3.63) is 72.0 Å². The van der Waals surface area contributed by atoms with Gasteiger partial charge in [0.2, 0.25) is 15.9 Å². The van der Waals surface area contributed by atoms with Crippen LogP contribution in [-0.4, -0.2) is 48.6 Å². The van der Waals surface area contributed by atoms with Crippen molar-refractivity contribution < 1.29 is 17.9 Å². The van der Waals surface area contributed by atoms with Gasteiger partial charge in [-0.05, 0) is 42.5 Å². The summed E-state index contributed by atoms with van der Waals surface area (Å²) in [5.74, 6) is 0.117. The summed E-state index contributed by atoms with van der Waals surface area (Å²) in [6, 6.07) is 14.5. The molecular formula is C20H21ClN4O4S. The van der Waals surface area contributed by atoms with Crippen molar-refractivity contribution in [3.8, 4) is 5.75 Å². The van der Waals surface area contributed by atoms with Gasteiger partial charge in [-0.2, -0.15) is 9.40 Å². The molecule has 10 heteroatoms. The zero-order valence-corrected chi connectivity index (χ0v) is 17.8. The van der Waals surface area contributed by atoms with Crippen molar-refractivity contribution in [1.82, 2.24) is 14.1 Å². The first kappa shape index (κ1) is 21.8. The fourth-order valence-corrected chi connectivity index (χ4v) is 3.88.